The van der Waals surface area contributed by atoms with Crippen LogP contribution in [-0.2, 0) is 21.4 Å². The normalized spacial score (nSPS) is 16.1. The molecule has 1 aliphatic rings. The smallest absolute Gasteiger partial charge is 0.325 e. The minimum Gasteiger partial charge on any atom is -0.325 e. The zero-order valence-corrected chi connectivity index (χ0v) is 20.2. The summed E-state index contributed by atoms with van der Waals surface area (Å²) in [5, 5.41) is 2.71. The molecule has 7 nitrogen and oxygen atoms in total. The van der Waals surface area contributed by atoms with Gasteiger partial charge in [-0.05, 0) is 61.1 Å². The van der Waals surface area contributed by atoms with Crippen LogP contribution in [0.25, 0.3) is 0 Å². The van der Waals surface area contributed by atoms with Crippen molar-refractivity contribution in [2.24, 2.45) is 4.99 Å². The lowest BCUT2D eigenvalue weighted by Gasteiger charge is -2.16. The number of hydrogen-bond acceptors (Lipinski definition) is 5. The summed E-state index contributed by atoms with van der Waals surface area (Å²) < 4.78 is 63.4. The van der Waals surface area contributed by atoms with Crippen LogP contribution in [-0.4, -0.2) is 44.5 Å². The Hall–Kier alpha value is -3.70. The molecule has 3 aromatic carbocycles. The second-order valence-corrected chi connectivity index (χ2v) is 10.2. The molecule has 0 bridgehead atoms. The maximum atomic E-state index is 13.1. The lowest BCUT2D eigenvalue weighted by atomic mass is 9.90. The number of alkyl halides is 3. The summed E-state index contributed by atoms with van der Waals surface area (Å²) in [4.78, 5) is 19.8. The first-order chi connectivity index (χ1) is 16.9. The highest BCUT2D eigenvalue weighted by atomic mass is 32.2. The summed E-state index contributed by atoms with van der Waals surface area (Å²) in [5.41, 5.74) is -2.42. The first kappa shape index (κ1) is 25.4. The second-order valence-electron chi connectivity index (χ2n) is 8.54. The Kier molecular flexibility index (Phi) is 6.87. The molecule has 1 aliphatic heterocycles. The molecule has 2 N–H and O–H groups in total. The van der Waals surface area contributed by atoms with E-state index in [1.54, 1.807) is 24.3 Å². The van der Waals surface area contributed by atoms with Gasteiger partial charge in [0.15, 0.2) is 0 Å². The predicted octanol–water partition coefficient (Wildman–Crippen LogP) is 4.87. The van der Waals surface area contributed by atoms with Crippen molar-refractivity contribution in [2.45, 2.75) is 18.0 Å². The average Bonchev–Trinajstić information content (AvgIpc) is 3.12. The molecule has 36 heavy (non-hydrogen) atoms. The van der Waals surface area contributed by atoms with Crippen molar-refractivity contribution in [3.05, 3.63) is 89.5 Å². The Balaban J connectivity index is 1.77. The van der Waals surface area contributed by atoms with E-state index in [2.05, 4.69) is 5.32 Å². The summed E-state index contributed by atoms with van der Waals surface area (Å²) in [6.45, 7) is 0.741. The monoisotopic (exact) mass is 516 g/mol. The number of hydrogen-bond donors (Lipinski definition) is 2. The van der Waals surface area contributed by atoms with Crippen LogP contribution in [0.3, 0.4) is 0 Å². The van der Waals surface area contributed by atoms with Crippen molar-refractivity contribution in [2.75, 3.05) is 24.1 Å². The van der Waals surface area contributed by atoms with Gasteiger partial charge in [0.05, 0.1) is 11.4 Å². The van der Waals surface area contributed by atoms with Gasteiger partial charge in [-0.3, -0.25) is 14.5 Å². The van der Waals surface area contributed by atoms with Gasteiger partial charge in [-0.25, -0.2) is 0 Å². The van der Waals surface area contributed by atoms with E-state index in [1.807, 2.05) is 49.3 Å². The molecule has 1 amide bonds. The zero-order chi connectivity index (χ0) is 26.1. The lowest BCUT2D eigenvalue weighted by Crippen LogP contribution is -2.30. The maximum absolute atomic E-state index is 13.1. The summed E-state index contributed by atoms with van der Waals surface area (Å²) in [6.07, 6.45) is 0. The minimum absolute atomic E-state index is 0.312. The highest BCUT2D eigenvalue weighted by molar-refractivity contribution is 7.93. The third kappa shape index (κ3) is 5.42. The molecule has 0 spiro atoms. The molecule has 0 aliphatic carbocycles. The Morgan fingerprint density at radius 1 is 1.03 bits per heavy atom. The highest BCUT2D eigenvalue weighted by Crippen LogP contribution is 2.38. The van der Waals surface area contributed by atoms with E-state index in [0.29, 0.717) is 28.2 Å². The first-order valence-corrected chi connectivity index (χ1v) is 12.3. The van der Waals surface area contributed by atoms with E-state index in [4.69, 9.17) is 4.99 Å². The zero-order valence-electron chi connectivity index (χ0n) is 19.4. The van der Waals surface area contributed by atoms with E-state index < -0.39 is 27.4 Å². The lowest BCUT2D eigenvalue weighted by molar-refractivity contribution is -0.115. The van der Waals surface area contributed by atoms with E-state index in [9.17, 15) is 26.4 Å². The summed E-state index contributed by atoms with van der Waals surface area (Å²) in [5.74, 6) is -1.40. The topological polar surface area (TPSA) is 90.9 Å². The van der Waals surface area contributed by atoms with Gasteiger partial charge in [0.25, 0.3) is 0 Å². The van der Waals surface area contributed by atoms with Crippen molar-refractivity contribution in [3.63, 3.8) is 0 Å². The average molecular weight is 517 g/mol. The molecule has 0 fully saturated rings. The van der Waals surface area contributed by atoms with Crippen molar-refractivity contribution in [3.8, 4) is 0 Å². The van der Waals surface area contributed by atoms with Crippen molar-refractivity contribution < 1.29 is 26.4 Å². The van der Waals surface area contributed by atoms with Crippen LogP contribution in [0.15, 0.2) is 77.8 Å². The van der Waals surface area contributed by atoms with Gasteiger partial charge in [-0.2, -0.15) is 21.6 Å². The molecule has 3 aromatic rings. The number of nitrogens with zero attached hydrogens (tertiary/aromatic N) is 2. The quantitative estimate of drug-likeness (QED) is 0.439. The molecular formula is C25H23F3N4O3S. The van der Waals surface area contributed by atoms with E-state index >= 15 is 0 Å². The number of amides is 1. The van der Waals surface area contributed by atoms with Crippen molar-refractivity contribution in [1.82, 2.24) is 4.90 Å². The highest BCUT2D eigenvalue weighted by Gasteiger charge is 2.46. The molecule has 4 rings (SSSR count). The van der Waals surface area contributed by atoms with Crippen LogP contribution >= 0.6 is 0 Å². The Bertz CT molecular complexity index is 1400. The maximum Gasteiger partial charge on any atom is 0.516 e. The van der Waals surface area contributed by atoms with Crippen LogP contribution in [0.4, 0.5) is 30.2 Å². The van der Waals surface area contributed by atoms with E-state index in [1.165, 1.54) is 16.9 Å². The van der Waals surface area contributed by atoms with Crippen LogP contribution in [0.5, 0.6) is 0 Å². The third-order valence-electron chi connectivity index (χ3n) is 5.47. The molecule has 1 heterocycles. The van der Waals surface area contributed by atoms with E-state index in [0.717, 1.165) is 18.2 Å². The Labute approximate surface area is 206 Å². The molecule has 0 aromatic heterocycles. The molecule has 188 valence electrons. The van der Waals surface area contributed by atoms with Gasteiger partial charge in [0.2, 0.25) is 5.91 Å². The largest absolute Gasteiger partial charge is 0.516 e. The number of carbonyl (C=O) groups excluding carboxylic acids is 1. The molecule has 0 saturated carbocycles. The number of aliphatic imine (C=N–C) groups is 1. The minimum atomic E-state index is -5.62. The predicted molar refractivity (Wildman–Crippen MR) is 133 cm³/mol. The third-order valence-corrected chi connectivity index (χ3v) is 6.58. The van der Waals surface area contributed by atoms with Crippen molar-refractivity contribution in [1.29, 1.82) is 0 Å². The fourth-order valence-electron chi connectivity index (χ4n) is 3.89. The number of benzene rings is 3. The fraction of sp³-hybridized carbons (Fsp3) is 0.200. The summed E-state index contributed by atoms with van der Waals surface area (Å²) in [6, 6.07) is 20.2. The van der Waals surface area contributed by atoms with Crippen LogP contribution in [0, 0.1) is 0 Å². The van der Waals surface area contributed by atoms with Crippen LogP contribution in [0.1, 0.15) is 22.6 Å². The van der Waals surface area contributed by atoms with Crippen molar-refractivity contribution >= 4 is 38.7 Å². The SMILES string of the molecule is CN(C)Cc1ccc(N=C(c2ccccc2)C2C(=O)Nc3ccc(NS(=O)(=O)C(F)(F)F)cc32)cc1. The Morgan fingerprint density at radius 3 is 2.31 bits per heavy atom. The number of sulfonamides is 1. The molecule has 0 saturated heterocycles. The summed E-state index contributed by atoms with van der Waals surface area (Å²) in [7, 11) is -1.71. The number of fused-ring (bicyclic) bond motifs is 1. The number of halogens is 3. The molecular weight excluding hydrogens is 493 g/mol. The van der Waals surface area contributed by atoms with Gasteiger partial charge in [-0.1, -0.05) is 42.5 Å². The van der Waals surface area contributed by atoms with Gasteiger partial charge < -0.3 is 10.2 Å². The van der Waals surface area contributed by atoms with E-state index in [-0.39, 0.29) is 5.69 Å². The van der Waals surface area contributed by atoms with Gasteiger partial charge >= 0.3 is 15.5 Å². The number of rotatable bonds is 7. The number of nitrogens with one attached hydrogen (secondary N) is 2. The number of anilines is 2. The van der Waals surface area contributed by atoms with Crippen LogP contribution in [0.2, 0.25) is 0 Å². The fourth-order valence-corrected chi connectivity index (χ4v) is 4.45. The second kappa shape index (κ2) is 9.75. The van der Waals surface area contributed by atoms with Gasteiger partial charge in [-0.15, -0.1) is 0 Å². The van der Waals surface area contributed by atoms with Gasteiger partial charge in [0, 0.05) is 17.9 Å². The molecule has 0 radical (unpaired) electrons. The van der Waals surface area contributed by atoms with Crippen LogP contribution < -0.4 is 10.0 Å². The number of carbonyl (C=O) groups is 1. The molecule has 1 atom stereocenters. The molecule has 1 unspecified atom stereocenters. The summed E-state index contributed by atoms with van der Waals surface area (Å²) >= 11 is 0. The first-order valence-electron chi connectivity index (χ1n) is 10.9. The van der Waals surface area contributed by atoms with Gasteiger partial charge in [0.1, 0.15) is 5.92 Å². The standard InChI is InChI=1S/C25H23F3N4O3S/c1-32(2)15-16-8-10-18(11-9-16)29-23(17-6-4-3-5-7-17)22-20-14-19(12-13-21(20)30-24(22)33)31-36(34,35)25(26,27)28/h3-14,22,31H,15H2,1-2H3,(H,30,33). The molecule has 11 heteroatoms. The Morgan fingerprint density at radius 2 is 1.69 bits per heavy atom.